The van der Waals surface area contributed by atoms with Gasteiger partial charge in [0, 0.05) is 47.9 Å². The van der Waals surface area contributed by atoms with Crippen LogP contribution in [-0.2, 0) is 12.8 Å². The molecule has 0 amide bonds. The number of anilines is 1. The summed E-state index contributed by atoms with van der Waals surface area (Å²) in [6.07, 6.45) is 9.24. The number of nitrogens with zero attached hydrogens (tertiary/aromatic N) is 8. The number of aryl methyl sites for hydroxylation is 2. The van der Waals surface area contributed by atoms with Crippen molar-refractivity contribution in [2.24, 2.45) is 0 Å². The van der Waals surface area contributed by atoms with Crippen molar-refractivity contribution in [1.82, 2.24) is 40.3 Å². The zero-order valence-electron chi connectivity index (χ0n) is 22.8. The third-order valence-electron chi connectivity index (χ3n) is 5.80. The summed E-state index contributed by atoms with van der Waals surface area (Å²) in [5, 5.41) is 30.7. The maximum absolute atomic E-state index is 10.1. The van der Waals surface area contributed by atoms with E-state index in [1.807, 2.05) is 54.6 Å². The normalized spacial score (nSPS) is 9.50. The SMILES string of the molecule is C.N#Cc1ccc(C=O)cc1.N#Cc1ccc(CCc2nc(-c3cccnc3)n[nH]2)cc1.Nc1n[nH]c(-c2cccnc2)n1. The fraction of sp³-hybridized carbons (Fsp3) is 0.0938. The van der Waals surface area contributed by atoms with Gasteiger partial charge in [0.25, 0.3) is 0 Å². The number of carbonyl (C=O) groups excluding carboxylic acids is 1. The van der Waals surface area contributed by atoms with Crippen molar-refractivity contribution >= 4 is 12.2 Å². The Kier molecular flexibility index (Phi) is 12.1. The molecule has 12 nitrogen and oxygen atoms in total. The predicted octanol–water partition coefficient (Wildman–Crippen LogP) is 4.98. The molecule has 44 heavy (non-hydrogen) atoms. The Hall–Kier alpha value is -6.53. The second-order valence-electron chi connectivity index (χ2n) is 8.79. The minimum absolute atomic E-state index is 0. The molecule has 0 fully saturated rings. The van der Waals surface area contributed by atoms with Crippen molar-refractivity contribution in [2.75, 3.05) is 5.73 Å². The molecule has 2 aromatic carbocycles. The highest BCUT2D eigenvalue weighted by molar-refractivity contribution is 5.74. The molecule has 12 heteroatoms. The summed E-state index contributed by atoms with van der Waals surface area (Å²) in [5.74, 6) is 2.39. The van der Waals surface area contributed by atoms with E-state index in [0.717, 1.165) is 36.1 Å². The Balaban J connectivity index is 0.000000196. The lowest BCUT2D eigenvalue weighted by Crippen LogP contribution is -1.93. The highest BCUT2D eigenvalue weighted by Crippen LogP contribution is 2.14. The van der Waals surface area contributed by atoms with Gasteiger partial charge in [-0.2, -0.15) is 20.6 Å². The van der Waals surface area contributed by atoms with Crippen molar-refractivity contribution in [3.63, 3.8) is 0 Å². The van der Waals surface area contributed by atoms with Crippen LogP contribution in [0.25, 0.3) is 22.8 Å². The Morgan fingerprint density at radius 3 is 1.89 bits per heavy atom. The number of hydrogen-bond donors (Lipinski definition) is 3. The average molecular weight is 584 g/mol. The molecule has 0 radical (unpaired) electrons. The van der Waals surface area contributed by atoms with Gasteiger partial charge >= 0.3 is 0 Å². The summed E-state index contributed by atoms with van der Waals surface area (Å²) in [4.78, 5) is 26.5. The minimum Gasteiger partial charge on any atom is -0.366 e. The number of nitrogen functional groups attached to an aromatic ring is 1. The van der Waals surface area contributed by atoms with Crippen LogP contribution < -0.4 is 5.73 Å². The van der Waals surface area contributed by atoms with E-state index in [1.54, 1.807) is 49.1 Å². The highest BCUT2D eigenvalue weighted by atomic mass is 16.1. The van der Waals surface area contributed by atoms with Crippen LogP contribution in [0.15, 0.2) is 97.6 Å². The lowest BCUT2D eigenvalue weighted by atomic mass is 10.1. The molecule has 0 saturated carbocycles. The zero-order chi connectivity index (χ0) is 30.3. The molecule has 4 N–H and O–H groups in total. The van der Waals surface area contributed by atoms with E-state index in [0.29, 0.717) is 28.3 Å². The van der Waals surface area contributed by atoms with E-state index in [-0.39, 0.29) is 13.4 Å². The number of rotatable bonds is 6. The number of aromatic amines is 2. The highest BCUT2D eigenvalue weighted by Gasteiger charge is 2.06. The number of nitrogens with one attached hydrogen (secondary N) is 2. The van der Waals surface area contributed by atoms with Gasteiger partial charge in [-0.1, -0.05) is 31.7 Å². The number of nitriles is 2. The number of aldehydes is 1. The van der Waals surface area contributed by atoms with Crippen LogP contribution in [-0.4, -0.2) is 46.6 Å². The van der Waals surface area contributed by atoms with Gasteiger partial charge in [0.05, 0.1) is 23.3 Å². The van der Waals surface area contributed by atoms with E-state index in [2.05, 4.69) is 46.4 Å². The molecular formula is C32H29N11O. The van der Waals surface area contributed by atoms with Crippen molar-refractivity contribution in [3.05, 3.63) is 126 Å². The Morgan fingerprint density at radius 2 is 1.36 bits per heavy atom. The first-order valence-electron chi connectivity index (χ1n) is 12.9. The fourth-order valence-electron chi connectivity index (χ4n) is 3.58. The summed E-state index contributed by atoms with van der Waals surface area (Å²) in [7, 11) is 0. The molecule has 4 aromatic heterocycles. The third-order valence-corrected chi connectivity index (χ3v) is 5.80. The van der Waals surface area contributed by atoms with Crippen molar-refractivity contribution in [3.8, 4) is 34.9 Å². The second kappa shape index (κ2) is 16.7. The van der Waals surface area contributed by atoms with E-state index in [1.165, 1.54) is 5.56 Å². The maximum atomic E-state index is 10.1. The first kappa shape index (κ1) is 32.0. The van der Waals surface area contributed by atoms with Gasteiger partial charge in [-0.25, -0.2) is 4.98 Å². The molecule has 6 rings (SSSR count). The van der Waals surface area contributed by atoms with Gasteiger partial charge in [-0.05, 0) is 60.5 Å². The molecule has 4 heterocycles. The molecule has 0 spiro atoms. The van der Waals surface area contributed by atoms with Gasteiger partial charge in [0.1, 0.15) is 12.1 Å². The molecule has 0 saturated heterocycles. The Morgan fingerprint density at radius 1 is 0.750 bits per heavy atom. The lowest BCUT2D eigenvalue weighted by molar-refractivity contribution is 0.112. The minimum atomic E-state index is 0. The molecule has 218 valence electrons. The number of pyridine rings is 2. The van der Waals surface area contributed by atoms with Crippen molar-refractivity contribution in [1.29, 1.82) is 10.5 Å². The predicted molar refractivity (Wildman–Crippen MR) is 165 cm³/mol. The summed E-state index contributed by atoms with van der Waals surface area (Å²) in [6, 6.07) is 25.6. The first-order chi connectivity index (χ1) is 21.1. The first-order valence-corrected chi connectivity index (χ1v) is 12.9. The van der Waals surface area contributed by atoms with Crippen LogP contribution in [0.1, 0.15) is 40.3 Å². The fourth-order valence-corrected chi connectivity index (χ4v) is 3.58. The van der Waals surface area contributed by atoms with E-state index < -0.39 is 0 Å². The summed E-state index contributed by atoms with van der Waals surface area (Å²) < 4.78 is 0. The van der Waals surface area contributed by atoms with Gasteiger partial charge in [-0.3, -0.25) is 25.0 Å². The second-order valence-corrected chi connectivity index (χ2v) is 8.79. The molecule has 0 bridgehead atoms. The van der Waals surface area contributed by atoms with Crippen LogP contribution in [0.2, 0.25) is 0 Å². The number of benzene rings is 2. The molecule has 0 atom stereocenters. The van der Waals surface area contributed by atoms with Crippen LogP contribution in [0.3, 0.4) is 0 Å². The number of carbonyl (C=O) groups is 1. The molecule has 0 aliphatic rings. The van der Waals surface area contributed by atoms with Crippen LogP contribution in [0, 0.1) is 22.7 Å². The van der Waals surface area contributed by atoms with Crippen molar-refractivity contribution in [2.45, 2.75) is 20.3 Å². The Labute approximate surface area is 254 Å². The van der Waals surface area contributed by atoms with E-state index in [4.69, 9.17) is 16.3 Å². The topological polar surface area (TPSA) is 200 Å². The largest absolute Gasteiger partial charge is 0.366 e. The van der Waals surface area contributed by atoms with Gasteiger partial charge in [0.15, 0.2) is 11.6 Å². The molecule has 0 aliphatic carbocycles. The van der Waals surface area contributed by atoms with Crippen molar-refractivity contribution < 1.29 is 4.79 Å². The summed E-state index contributed by atoms with van der Waals surface area (Å²) >= 11 is 0. The number of nitrogens with two attached hydrogens (primary N) is 1. The molecule has 0 unspecified atom stereocenters. The molecule has 6 aromatic rings. The molecule has 0 aliphatic heterocycles. The van der Waals surface area contributed by atoms with Gasteiger partial charge < -0.3 is 5.73 Å². The number of hydrogen-bond acceptors (Lipinski definition) is 10. The summed E-state index contributed by atoms with van der Waals surface area (Å²) in [6.45, 7) is 0. The van der Waals surface area contributed by atoms with E-state index in [9.17, 15) is 4.79 Å². The average Bonchev–Trinajstić information content (AvgIpc) is 3.75. The van der Waals surface area contributed by atoms with Gasteiger partial charge in [0.2, 0.25) is 5.95 Å². The molecular weight excluding hydrogens is 554 g/mol. The monoisotopic (exact) mass is 583 g/mol. The zero-order valence-corrected chi connectivity index (χ0v) is 22.8. The van der Waals surface area contributed by atoms with E-state index >= 15 is 0 Å². The number of H-pyrrole nitrogens is 2. The third kappa shape index (κ3) is 9.54. The van der Waals surface area contributed by atoms with Crippen LogP contribution in [0.4, 0.5) is 5.95 Å². The summed E-state index contributed by atoms with van der Waals surface area (Å²) in [5.41, 5.74) is 10.1. The smallest absolute Gasteiger partial charge is 0.239 e. The quantitative estimate of drug-likeness (QED) is 0.225. The standard InChI is InChI=1S/C16H13N5.C8H5NO.C7H7N5.CH4/c17-10-13-5-3-12(4-6-13)7-8-15-19-16(21-20-15)14-2-1-9-18-11-14;9-5-7-1-3-8(6-10)4-2-7;8-7-10-6(11-12-7)5-2-1-3-9-4-5;/h1-6,9,11H,7-8H2,(H,19,20,21);1-4,6H;1-4H,(H3,8,10,11,12);1H4. The van der Waals surface area contributed by atoms with Gasteiger partial charge in [-0.15, -0.1) is 5.10 Å². The lowest BCUT2D eigenvalue weighted by Gasteiger charge is -1.98. The van der Waals surface area contributed by atoms with Crippen LogP contribution >= 0.6 is 0 Å². The number of aromatic nitrogens is 8. The maximum Gasteiger partial charge on any atom is 0.239 e. The van der Waals surface area contributed by atoms with Crippen LogP contribution in [0.5, 0.6) is 0 Å². The Bertz CT molecular complexity index is 1800.